The van der Waals surface area contributed by atoms with E-state index in [2.05, 4.69) is 21.2 Å². The van der Waals surface area contributed by atoms with E-state index < -0.39 is 11.7 Å². The SMILES string of the molecule is COc1cccc(C(C)NCCCOc2cc(Br)cc(C(F)(F)F)c2)c1. The van der Waals surface area contributed by atoms with Crippen molar-refractivity contribution in [2.45, 2.75) is 25.6 Å². The molecule has 0 amide bonds. The van der Waals surface area contributed by atoms with Crippen molar-refractivity contribution in [2.24, 2.45) is 0 Å². The van der Waals surface area contributed by atoms with E-state index in [1.165, 1.54) is 6.07 Å². The van der Waals surface area contributed by atoms with Crippen molar-refractivity contribution in [2.75, 3.05) is 20.3 Å². The van der Waals surface area contributed by atoms with Crippen molar-refractivity contribution >= 4 is 15.9 Å². The molecule has 0 saturated carbocycles. The molecule has 0 spiro atoms. The molecule has 1 unspecified atom stereocenters. The first-order chi connectivity index (χ1) is 12.3. The average molecular weight is 432 g/mol. The lowest BCUT2D eigenvalue weighted by atomic mass is 10.1. The van der Waals surface area contributed by atoms with Gasteiger partial charge in [0.15, 0.2) is 0 Å². The molecule has 0 aliphatic heterocycles. The van der Waals surface area contributed by atoms with Gasteiger partial charge in [0.2, 0.25) is 0 Å². The maximum atomic E-state index is 12.8. The topological polar surface area (TPSA) is 30.5 Å². The fraction of sp³-hybridized carbons (Fsp3) is 0.368. The zero-order valence-corrected chi connectivity index (χ0v) is 16.2. The first-order valence-electron chi connectivity index (χ1n) is 8.17. The number of nitrogens with one attached hydrogen (secondary N) is 1. The second-order valence-electron chi connectivity index (χ2n) is 5.83. The minimum absolute atomic E-state index is 0.132. The largest absolute Gasteiger partial charge is 0.497 e. The van der Waals surface area contributed by atoms with Crippen molar-refractivity contribution in [3.8, 4) is 11.5 Å². The third-order valence-corrected chi connectivity index (χ3v) is 4.29. The Bertz CT molecular complexity index is 722. The van der Waals surface area contributed by atoms with E-state index >= 15 is 0 Å². The van der Waals surface area contributed by atoms with E-state index in [1.54, 1.807) is 7.11 Å². The van der Waals surface area contributed by atoms with E-state index in [0.717, 1.165) is 23.4 Å². The minimum atomic E-state index is -4.39. The zero-order chi connectivity index (χ0) is 19.2. The summed E-state index contributed by atoms with van der Waals surface area (Å²) in [5.74, 6) is 1.00. The fourth-order valence-corrected chi connectivity index (χ4v) is 2.89. The molecule has 0 heterocycles. The van der Waals surface area contributed by atoms with Gasteiger partial charge in [-0.3, -0.25) is 0 Å². The summed E-state index contributed by atoms with van der Waals surface area (Å²) in [7, 11) is 1.63. The Balaban J connectivity index is 1.79. The van der Waals surface area contributed by atoms with Gasteiger partial charge in [-0.1, -0.05) is 28.1 Å². The number of ether oxygens (including phenoxy) is 2. The van der Waals surface area contributed by atoms with E-state index in [0.29, 0.717) is 24.0 Å². The van der Waals surface area contributed by atoms with Gasteiger partial charge in [0.1, 0.15) is 11.5 Å². The Labute approximate surface area is 159 Å². The smallest absolute Gasteiger partial charge is 0.416 e. The quantitative estimate of drug-likeness (QED) is 0.552. The molecule has 26 heavy (non-hydrogen) atoms. The van der Waals surface area contributed by atoms with Crippen molar-refractivity contribution in [1.29, 1.82) is 0 Å². The van der Waals surface area contributed by atoms with Crippen molar-refractivity contribution in [3.05, 3.63) is 58.1 Å². The summed E-state index contributed by atoms with van der Waals surface area (Å²) in [6.07, 6.45) is -3.72. The molecular formula is C19H21BrF3NO2. The normalized spacial score (nSPS) is 12.7. The van der Waals surface area contributed by atoms with Crippen LogP contribution in [0.2, 0.25) is 0 Å². The summed E-state index contributed by atoms with van der Waals surface area (Å²) in [6.45, 7) is 3.05. The number of halogens is 4. The van der Waals surface area contributed by atoms with Gasteiger partial charge >= 0.3 is 6.18 Å². The van der Waals surface area contributed by atoms with Crippen LogP contribution in [0.4, 0.5) is 13.2 Å². The van der Waals surface area contributed by atoms with Crippen molar-refractivity contribution in [3.63, 3.8) is 0 Å². The highest BCUT2D eigenvalue weighted by atomic mass is 79.9. The standard InChI is InChI=1S/C19H21BrF3NO2/c1-13(14-5-3-6-17(9-14)25-2)24-7-4-8-26-18-11-15(19(21,22)23)10-16(20)12-18/h3,5-6,9-13,24H,4,7-8H2,1-2H3. The van der Waals surface area contributed by atoms with Crippen LogP contribution in [0.1, 0.15) is 30.5 Å². The molecule has 0 aliphatic carbocycles. The van der Waals surface area contributed by atoms with Gasteiger partial charge in [-0.05, 0) is 55.8 Å². The van der Waals surface area contributed by atoms with Gasteiger partial charge < -0.3 is 14.8 Å². The Kier molecular flexibility index (Phi) is 7.34. The van der Waals surface area contributed by atoms with E-state index in [-0.39, 0.29) is 11.8 Å². The Morgan fingerprint density at radius 3 is 2.58 bits per heavy atom. The zero-order valence-electron chi connectivity index (χ0n) is 14.6. The Hall–Kier alpha value is -1.73. The second-order valence-corrected chi connectivity index (χ2v) is 6.74. The molecule has 0 aromatic heterocycles. The number of hydrogen-bond donors (Lipinski definition) is 1. The van der Waals surface area contributed by atoms with Crippen LogP contribution >= 0.6 is 15.9 Å². The summed E-state index contributed by atoms with van der Waals surface area (Å²) in [5.41, 5.74) is 0.374. The minimum Gasteiger partial charge on any atom is -0.497 e. The summed E-state index contributed by atoms with van der Waals surface area (Å²) in [5, 5.41) is 3.36. The fourth-order valence-electron chi connectivity index (χ4n) is 2.42. The lowest BCUT2D eigenvalue weighted by molar-refractivity contribution is -0.137. The molecule has 0 radical (unpaired) electrons. The Morgan fingerprint density at radius 1 is 1.12 bits per heavy atom. The molecular weight excluding hydrogens is 411 g/mol. The highest BCUT2D eigenvalue weighted by Gasteiger charge is 2.31. The van der Waals surface area contributed by atoms with Crippen LogP contribution in [0.3, 0.4) is 0 Å². The predicted molar refractivity (Wildman–Crippen MR) is 98.7 cm³/mol. The van der Waals surface area contributed by atoms with Crippen LogP contribution in [-0.2, 0) is 6.18 Å². The molecule has 0 fully saturated rings. The van der Waals surface area contributed by atoms with Crippen LogP contribution < -0.4 is 14.8 Å². The van der Waals surface area contributed by atoms with Crippen molar-refractivity contribution < 1.29 is 22.6 Å². The molecule has 0 aliphatic rings. The third kappa shape index (κ3) is 6.21. The third-order valence-electron chi connectivity index (χ3n) is 3.83. The molecule has 2 aromatic carbocycles. The average Bonchev–Trinajstić information content (AvgIpc) is 2.60. The molecule has 0 bridgehead atoms. The van der Waals surface area contributed by atoms with Gasteiger partial charge in [-0.25, -0.2) is 0 Å². The molecule has 7 heteroatoms. The molecule has 2 aromatic rings. The van der Waals surface area contributed by atoms with Crippen LogP contribution in [0.5, 0.6) is 11.5 Å². The van der Waals surface area contributed by atoms with E-state index in [9.17, 15) is 13.2 Å². The van der Waals surface area contributed by atoms with Crippen LogP contribution in [0, 0.1) is 0 Å². The van der Waals surface area contributed by atoms with Crippen LogP contribution in [0.15, 0.2) is 46.9 Å². The molecule has 2 rings (SSSR count). The van der Waals surface area contributed by atoms with E-state index in [4.69, 9.17) is 9.47 Å². The number of rotatable bonds is 8. The molecule has 142 valence electrons. The maximum absolute atomic E-state index is 12.8. The summed E-state index contributed by atoms with van der Waals surface area (Å²) >= 11 is 3.08. The van der Waals surface area contributed by atoms with Gasteiger partial charge in [0.25, 0.3) is 0 Å². The summed E-state index contributed by atoms with van der Waals surface area (Å²) in [6, 6.07) is 11.5. The van der Waals surface area contributed by atoms with E-state index in [1.807, 2.05) is 31.2 Å². The van der Waals surface area contributed by atoms with Crippen LogP contribution in [0.25, 0.3) is 0 Å². The first kappa shape index (κ1) is 20.6. The number of hydrogen-bond acceptors (Lipinski definition) is 3. The van der Waals surface area contributed by atoms with Gasteiger partial charge in [-0.2, -0.15) is 13.2 Å². The highest BCUT2D eigenvalue weighted by Crippen LogP contribution is 2.34. The van der Waals surface area contributed by atoms with Crippen LogP contribution in [-0.4, -0.2) is 20.3 Å². The summed E-state index contributed by atoms with van der Waals surface area (Å²) < 4.78 is 49.4. The van der Waals surface area contributed by atoms with Gasteiger partial charge in [0.05, 0.1) is 19.3 Å². The lowest BCUT2D eigenvalue weighted by Gasteiger charge is -2.15. The summed E-state index contributed by atoms with van der Waals surface area (Å²) in [4.78, 5) is 0. The predicted octanol–water partition coefficient (Wildman–Crippen LogP) is 5.60. The molecule has 1 N–H and O–H groups in total. The number of benzene rings is 2. The monoisotopic (exact) mass is 431 g/mol. The highest BCUT2D eigenvalue weighted by molar-refractivity contribution is 9.10. The van der Waals surface area contributed by atoms with Gasteiger partial charge in [-0.15, -0.1) is 0 Å². The molecule has 0 saturated heterocycles. The number of methoxy groups -OCH3 is 1. The first-order valence-corrected chi connectivity index (χ1v) is 8.97. The van der Waals surface area contributed by atoms with Crippen molar-refractivity contribution in [1.82, 2.24) is 5.32 Å². The number of alkyl halides is 3. The Morgan fingerprint density at radius 2 is 1.88 bits per heavy atom. The second kappa shape index (κ2) is 9.28. The maximum Gasteiger partial charge on any atom is 0.416 e. The molecule has 1 atom stereocenters. The molecule has 3 nitrogen and oxygen atoms in total. The van der Waals surface area contributed by atoms with Gasteiger partial charge in [0, 0.05) is 10.5 Å². The lowest BCUT2D eigenvalue weighted by Crippen LogP contribution is -2.21.